The van der Waals surface area contributed by atoms with Crippen molar-refractivity contribution in [2.75, 3.05) is 6.26 Å². The highest BCUT2D eigenvalue weighted by atomic mass is 32.2. The van der Waals surface area contributed by atoms with E-state index in [-0.39, 0.29) is 6.61 Å². The highest BCUT2D eigenvalue weighted by Gasteiger charge is 2.09. The summed E-state index contributed by atoms with van der Waals surface area (Å²) in [6.45, 7) is 0.0600. The fraction of sp³-hybridized carbons (Fsp3) is 0.200. The number of aliphatic hydroxyl groups excluding tert-OH is 1. The number of fused-ring (bicyclic) bond motifs is 1. The quantitative estimate of drug-likeness (QED) is 0.622. The lowest BCUT2D eigenvalue weighted by Crippen LogP contribution is -1.85. The summed E-state index contributed by atoms with van der Waals surface area (Å²) in [6, 6.07) is 4.02. The minimum absolute atomic E-state index is 0.0600. The van der Waals surface area contributed by atoms with E-state index in [0.717, 1.165) is 15.2 Å². The first-order valence-electron chi connectivity index (χ1n) is 4.14. The maximum Gasteiger partial charge on any atom is 0.0706 e. The van der Waals surface area contributed by atoms with E-state index in [1.807, 2.05) is 6.07 Å². The van der Waals surface area contributed by atoms with Crippen LogP contribution >= 0.6 is 35.7 Å². The molecule has 0 unspecified atom stereocenters. The van der Waals surface area contributed by atoms with E-state index in [1.54, 1.807) is 23.1 Å². The van der Waals surface area contributed by atoms with Crippen LogP contribution in [0.3, 0.4) is 0 Å². The molecule has 0 saturated carbocycles. The third-order valence-corrected chi connectivity index (χ3v) is 4.56. The van der Waals surface area contributed by atoms with Crippen LogP contribution in [-0.4, -0.2) is 11.4 Å². The van der Waals surface area contributed by atoms with E-state index in [0.29, 0.717) is 0 Å². The maximum atomic E-state index is 9.25. The van der Waals surface area contributed by atoms with E-state index >= 15 is 0 Å². The molecule has 0 aliphatic rings. The molecule has 1 aromatic heterocycles. The van der Waals surface area contributed by atoms with Crippen molar-refractivity contribution in [3.63, 3.8) is 0 Å². The second-order valence-electron chi connectivity index (χ2n) is 2.90. The van der Waals surface area contributed by atoms with Crippen LogP contribution in [0.25, 0.3) is 10.1 Å². The molecular formula is C10H10OS3. The molecule has 1 nitrogen and oxygen atoms in total. The Bertz CT molecular complexity index is 462. The van der Waals surface area contributed by atoms with Gasteiger partial charge < -0.3 is 5.11 Å². The van der Waals surface area contributed by atoms with Gasteiger partial charge in [0.2, 0.25) is 0 Å². The molecule has 4 heteroatoms. The first-order valence-corrected chi connectivity index (χ1v) is 6.70. The Kier molecular flexibility index (Phi) is 3.07. The Morgan fingerprint density at radius 3 is 2.93 bits per heavy atom. The molecule has 0 aliphatic carbocycles. The number of benzene rings is 1. The highest BCUT2D eigenvalue weighted by molar-refractivity contribution is 7.99. The van der Waals surface area contributed by atoms with E-state index in [9.17, 15) is 5.11 Å². The Balaban J connectivity index is 2.76. The van der Waals surface area contributed by atoms with Gasteiger partial charge in [-0.25, -0.2) is 0 Å². The smallest absolute Gasteiger partial charge is 0.0706 e. The zero-order valence-electron chi connectivity index (χ0n) is 7.65. The largest absolute Gasteiger partial charge is 0.392 e. The molecule has 74 valence electrons. The molecule has 1 aromatic carbocycles. The van der Waals surface area contributed by atoms with Crippen molar-refractivity contribution in [1.82, 2.24) is 0 Å². The monoisotopic (exact) mass is 242 g/mol. The molecule has 0 bridgehead atoms. The number of aliphatic hydroxyl groups is 1. The lowest BCUT2D eigenvalue weighted by Gasteiger charge is -2.03. The standard InChI is InChI=1S/C10H10OS3/c1-13-9-5-14-10-6(9)2-3-8(12)7(10)4-11/h2-3,5,11-12H,4H2,1H3. The van der Waals surface area contributed by atoms with Crippen LogP contribution in [0.4, 0.5) is 0 Å². The van der Waals surface area contributed by atoms with E-state index < -0.39 is 0 Å². The van der Waals surface area contributed by atoms with Crippen LogP contribution in [0.2, 0.25) is 0 Å². The molecule has 14 heavy (non-hydrogen) atoms. The van der Waals surface area contributed by atoms with Crippen LogP contribution in [0, 0.1) is 0 Å². The van der Waals surface area contributed by atoms with Crippen LogP contribution in [0.5, 0.6) is 0 Å². The summed E-state index contributed by atoms with van der Waals surface area (Å²) in [5, 5.41) is 12.6. The van der Waals surface area contributed by atoms with Crippen molar-refractivity contribution >= 4 is 45.8 Å². The summed E-state index contributed by atoms with van der Waals surface area (Å²) in [7, 11) is 0. The summed E-state index contributed by atoms with van der Waals surface area (Å²) in [5.74, 6) is 0. The first-order chi connectivity index (χ1) is 6.77. The second-order valence-corrected chi connectivity index (χ2v) is 5.11. The van der Waals surface area contributed by atoms with Crippen molar-refractivity contribution in [2.24, 2.45) is 0 Å². The number of hydrogen-bond acceptors (Lipinski definition) is 4. The molecule has 2 aromatic rings. The SMILES string of the molecule is CSc1csc2c(CO)c(S)ccc12. The summed E-state index contributed by atoms with van der Waals surface area (Å²) < 4.78 is 1.16. The van der Waals surface area contributed by atoms with Crippen LogP contribution in [0.1, 0.15) is 5.56 Å². The number of hydrogen-bond donors (Lipinski definition) is 2. The zero-order valence-corrected chi connectivity index (χ0v) is 10.2. The van der Waals surface area contributed by atoms with Gasteiger partial charge in [0, 0.05) is 30.8 Å². The van der Waals surface area contributed by atoms with Gasteiger partial charge in [-0.2, -0.15) is 0 Å². The lowest BCUT2D eigenvalue weighted by molar-refractivity contribution is 0.281. The molecule has 1 heterocycles. The van der Waals surface area contributed by atoms with Crippen molar-refractivity contribution in [3.8, 4) is 0 Å². The predicted octanol–water partition coefficient (Wildman–Crippen LogP) is 3.40. The van der Waals surface area contributed by atoms with Gasteiger partial charge in [0.15, 0.2) is 0 Å². The minimum Gasteiger partial charge on any atom is -0.392 e. The van der Waals surface area contributed by atoms with Crippen molar-refractivity contribution in [1.29, 1.82) is 0 Å². The Morgan fingerprint density at radius 1 is 1.50 bits per heavy atom. The molecule has 2 rings (SSSR count). The molecule has 0 spiro atoms. The fourth-order valence-electron chi connectivity index (χ4n) is 1.43. The third kappa shape index (κ3) is 1.56. The minimum atomic E-state index is 0.0600. The maximum absolute atomic E-state index is 9.25. The number of thiol groups is 1. The summed E-state index contributed by atoms with van der Waals surface area (Å²) in [5.41, 5.74) is 0.941. The molecule has 0 amide bonds. The number of rotatable bonds is 2. The summed E-state index contributed by atoms with van der Waals surface area (Å²) >= 11 is 7.74. The van der Waals surface area contributed by atoms with E-state index in [2.05, 4.69) is 30.3 Å². The number of thiophene rings is 1. The van der Waals surface area contributed by atoms with Gasteiger partial charge in [-0.05, 0) is 12.3 Å². The van der Waals surface area contributed by atoms with E-state index in [4.69, 9.17) is 0 Å². The molecule has 0 atom stereocenters. The predicted molar refractivity (Wildman–Crippen MR) is 66.8 cm³/mol. The normalized spacial score (nSPS) is 11.1. The lowest BCUT2D eigenvalue weighted by atomic mass is 10.2. The topological polar surface area (TPSA) is 20.2 Å². The highest BCUT2D eigenvalue weighted by Crippen LogP contribution is 2.36. The third-order valence-electron chi connectivity index (χ3n) is 2.16. The molecular weight excluding hydrogens is 232 g/mol. The molecule has 0 fully saturated rings. The Hall–Kier alpha value is -0.160. The van der Waals surface area contributed by atoms with Gasteiger partial charge in [0.25, 0.3) is 0 Å². The Morgan fingerprint density at radius 2 is 2.29 bits per heavy atom. The summed E-state index contributed by atoms with van der Waals surface area (Å²) in [6.07, 6.45) is 2.06. The van der Waals surface area contributed by atoms with Crippen LogP contribution in [-0.2, 0) is 6.61 Å². The van der Waals surface area contributed by atoms with Gasteiger partial charge in [-0.15, -0.1) is 35.7 Å². The van der Waals surface area contributed by atoms with Crippen LogP contribution in [0.15, 0.2) is 27.3 Å². The van der Waals surface area contributed by atoms with Crippen molar-refractivity contribution in [3.05, 3.63) is 23.1 Å². The van der Waals surface area contributed by atoms with Gasteiger partial charge in [0.1, 0.15) is 0 Å². The molecule has 0 radical (unpaired) electrons. The fourth-order valence-corrected chi connectivity index (χ4v) is 3.72. The van der Waals surface area contributed by atoms with Crippen molar-refractivity contribution < 1.29 is 5.11 Å². The average Bonchev–Trinajstić information content (AvgIpc) is 2.60. The molecule has 0 saturated heterocycles. The van der Waals surface area contributed by atoms with Gasteiger partial charge in [-0.1, -0.05) is 6.07 Å². The second kappa shape index (κ2) is 4.14. The number of thioether (sulfide) groups is 1. The van der Waals surface area contributed by atoms with E-state index in [1.165, 1.54) is 10.3 Å². The summed E-state index contributed by atoms with van der Waals surface area (Å²) in [4.78, 5) is 2.14. The van der Waals surface area contributed by atoms with Gasteiger partial charge >= 0.3 is 0 Å². The first kappa shape index (κ1) is 10.4. The zero-order chi connectivity index (χ0) is 10.1. The average molecular weight is 242 g/mol. The molecule has 1 N–H and O–H groups in total. The Labute approximate surface area is 96.6 Å². The molecule has 0 aliphatic heterocycles. The van der Waals surface area contributed by atoms with Crippen molar-refractivity contribution in [2.45, 2.75) is 16.4 Å². The van der Waals surface area contributed by atoms with Gasteiger partial charge in [-0.3, -0.25) is 0 Å². The van der Waals surface area contributed by atoms with Crippen LogP contribution < -0.4 is 0 Å². The van der Waals surface area contributed by atoms with Gasteiger partial charge in [0.05, 0.1) is 6.61 Å².